The van der Waals surface area contributed by atoms with Crippen molar-refractivity contribution in [3.8, 4) is 0 Å². The maximum absolute atomic E-state index is 12.1. The van der Waals surface area contributed by atoms with Crippen molar-refractivity contribution in [2.24, 2.45) is 0 Å². The monoisotopic (exact) mass is 287 g/mol. The van der Waals surface area contributed by atoms with Gasteiger partial charge in [-0.25, -0.2) is 0 Å². The van der Waals surface area contributed by atoms with Crippen LogP contribution in [-0.4, -0.2) is 30.1 Å². The van der Waals surface area contributed by atoms with Crippen LogP contribution in [0.5, 0.6) is 0 Å². The Morgan fingerprint density at radius 2 is 2.10 bits per heavy atom. The number of amides is 1. The van der Waals surface area contributed by atoms with Crippen molar-refractivity contribution in [3.05, 3.63) is 46.8 Å². The second-order valence-electron chi connectivity index (χ2n) is 5.47. The number of nitrogens with one attached hydrogen (secondary N) is 1. The zero-order valence-electron chi connectivity index (χ0n) is 12.9. The highest BCUT2D eigenvalue weighted by atomic mass is 16.5. The molecule has 0 aliphatic rings. The Kier molecular flexibility index (Phi) is 4.75. The summed E-state index contributed by atoms with van der Waals surface area (Å²) in [6.07, 6.45) is 0.277. The molecule has 0 unspecified atom stereocenters. The van der Waals surface area contributed by atoms with E-state index in [-0.39, 0.29) is 12.3 Å². The fourth-order valence-electron chi connectivity index (χ4n) is 2.23. The van der Waals surface area contributed by atoms with E-state index >= 15 is 0 Å². The molecule has 1 aromatic heterocycles. The van der Waals surface area contributed by atoms with Crippen molar-refractivity contribution in [2.75, 3.05) is 19.4 Å². The van der Waals surface area contributed by atoms with Gasteiger partial charge in [0.1, 0.15) is 5.76 Å². The van der Waals surface area contributed by atoms with Gasteiger partial charge < -0.3 is 14.7 Å². The van der Waals surface area contributed by atoms with E-state index < -0.39 is 0 Å². The van der Waals surface area contributed by atoms with Gasteiger partial charge in [-0.05, 0) is 45.6 Å². The molecule has 0 bridgehead atoms. The molecule has 0 spiro atoms. The molecule has 2 aromatic rings. The molecule has 0 fully saturated rings. The molecular weight excluding hydrogens is 266 g/mol. The van der Waals surface area contributed by atoms with Gasteiger partial charge in [0.05, 0.1) is 12.1 Å². The lowest BCUT2D eigenvalue weighted by Crippen LogP contribution is -2.16. The van der Waals surface area contributed by atoms with E-state index in [9.17, 15) is 4.79 Å². The van der Waals surface area contributed by atoms with Crippen LogP contribution in [0.4, 0.5) is 5.69 Å². The number of carbonyl (C=O) groups excluding carboxylic acids is 1. The number of hydrogen-bond acceptors (Lipinski definition) is 4. The van der Waals surface area contributed by atoms with Gasteiger partial charge in [-0.15, -0.1) is 0 Å². The molecule has 112 valence electrons. The summed E-state index contributed by atoms with van der Waals surface area (Å²) >= 11 is 0. The van der Waals surface area contributed by atoms with Crippen molar-refractivity contribution in [3.63, 3.8) is 0 Å². The normalized spacial score (nSPS) is 10.9. The second kappa shape index (κ2) is 6.54. The van der Waals surface area contributed by atoms with Crippen molar-refractivity contribution >= 4 is 11.6 Å². The number of nitrogens with zero attached hydrogens (tertiary/aromatic N) is 2. The van der Waals surface area contributed by atoms with Crippen LogP contribution in [0.15, 0.2) is 28.8 Å². The van der Waals surface area contributed by atoms with Crippen LogP contribution in [0, 0.1) is 13.8 Å². The van der Waals surface area contributed by atoms with Crippen LogP contribution < -0.4 is 5.32 Å². The number of aryl methyl sites for hydroxylation is 2. The Labute approximate surface area is 124 Å². The van der Waals surface area contributed by atoms with Crippen LogP contribution in [0.2, 0.25) is 0 Å². The van der Waals surface area contributed by atoms with E-state index in [1.54, 1.807) is 0 Å². The number of hydrogen-bond donors (Lipinski definition) is 1. The summed E-state index contributed by atoms with van der Waals surface area (Å²) in [5, 5.41) is 6.78. The third-order valence-corrected chi connectivity index (χ3v) is 3.23. The standard InChI is InChI=1S/C16H21N3O2/c1-11-15(12(2)21-18-11)9-16(20)17-14-7-5-6-13(8-14)10-19(3)4/h5-8H,9-10H2,1-4H3,(H,17,20). The summed E-state index contributed by atoms with van der Waals surface area (Å²) in [7, 11) is 4.03. The van der Waals surface area contributed by atoms with Gasteiger partial charge in [0.2, 0.25) is 5.91 Å². The van der Waals surface area contributed by atoms with Gasteiger partial charge >= 0.3 is 0 Å². The highest BCUT2D eigenvalue weighted by molar-refractivity contribution is 5.92. The molecule has 2 rings (SSSR count). The van der Waals surface area contributed by atoms with Gasteiger partial charge in [-0.3, -0.25) is 4.79 Å². The zero-order chi connectivity index (χ0) is 15.4. The Balaban J connectivity index is 2.03. The highest BCUT2D eigenvalue weighted by Crippen LogP contribution is 2.15. The maximum Gasteiger partial charge on any atom is 0.228 e. The first-order chi connectivity index (χ1) is 9.95. The number of aromatic nitrogens is 1. The number of anilines is 1. The van der Waals surface area contributed by atoms with Gasteiger partial charge in [-0.1, -0.05) is 17.3 Å². The molecule has 1 amide bonds. The molecule has 0 saturated heterocycles. The largest absolute Gasteiger partial charge is 0.361 e. The molecular formula is C16H21N3O2. The molecule has 1 N–H and O–H groups in total. The highest BCUT2D eigenvalue weighted by Gasteiger charge is 2.13. The molecule has 0 aliphatic carbocycles. The molecule has 0 aliphatic heterocycles. The predicted molar refractivity (Wildman–Crippen MR) is 82.1 cm³/mol. The zero-order valence-corrected chi connectivity index (χ0v) is 12.9. The number of carbonyl (C=O) groups is 1. The average molecular weight is 287 g/mol. The topological polar surface area (TPSA) is 58.4 Å². The minimum Gasteiger partial charge on any atom is -0.361 e. The van der Waals surface area contributed by atoms with Gasteiger partial charge in [0, 0.05) is 17.8 Å². The Bertz CT molecular complexity index is 613. The molecule has 0 saturated carbocycles. The van der Waals surface area contributed by atoms with E-state index in [1.807, 2.05) is 52.2 Å². The lowest BCUT2D eigenvalue weighted by Gasteiger charge is -2.11. The minimum atomic E-state index is -0.0635. The van der Waals surface area contributed by atoms with E-state index in [4.69, 9.17) is 4.52 Å². The Hall–Kier alpha value is -2.14. The van der Waals surface area contributed by atoms with Crippen LogP contribution >= 0.6 is 0 Å². The van der Waals surface area contributed by atoms with Crippen molar-refractivity contribution < 1.29 is 9.32 Å². The van der Waals surface area contributed by atoms with Crippen molar-refractivity contribution in [1.82, 2.24) is 10.1 Å². The fraction of sp³-hybridized carbons (Fsp3) is 0.375. The summed E-state index contributed by atoms with van der Waals surface area (Å²) in [6.45, 7) is 4.50. The molecule has 1 heterocycles. The Morgan fingerprint density at radius 3 is 2.71 bits per heavy atom. The Morgan fingerprint density at radius 1 is 1.33 bits per heavy atom. The van der Waals surface area contributed by atoms with Gasteiger partial charge in [0.25, 0.3) is 0 Å². The van der Waals surface area contributed by atoms with E-state index in [1.165, 1.54) is 0 Å². The van der Waals surface area contributed by atoms with Crippen LogP contribution in [0.25, 0.3) is 0 Å². The first kappa shape index (κ1) is 15.3. The second-order valence-corrected chi connectivity index (χ2v) is 5.47. The van der Waals surface area contributed by atoms with Crippen LogP contribution in [-0.2, 0) is 17.8 Å². The third kappa shape index (κ3) is 4.16. The third-order valence-electron chi connectivity index (χ3n) is 3.23. The smallest absolute Gasteiger partial charge is 0.228 e. The SMILES string of the molecule is Cc1noc(C)c1CC(=O)Nc1cccc(CN(C)C)c1. The number of benzene rings is 1. The summed E-state index contributed by atoms with van der Waals surface area (Å²) in [5.41, 5.74) is 3.60. The fourth-order valence-corrected chi connectivity index (χ4v) is 2.23. The van der Waals surface area contributed by atoms with Crippen LogP contribution in [0.3, 0.4) is 0 Å². The lowest BCUT2D eigenvalue weighted by molar-refractivity contribution is -0.115. The first-order valence-electron chi connectivity index (χ1n) is 6.91. The predicted octanol–water partition coefficient (Wildman–Crippen LogP) is 2.53. The molecule has 21 heavy (non-hydrogen) atoms. The van der Waals surface area contributed by atoms with E-state index in [2.05, 4.69) is 15.4 Å². The first-order valence-corrected chi connectivity index (χ1v) is 6.91. The summed E-state index contributed by atoms with van der Waals surface area (Å²) in [5.74, 6) is 0.635. The molecule has 0 atom stereocenters. The summed E-state index contributed by atoms with van der Waals surface area (Å²) in [4.78, 5) is 14.2. The van der Waals surface area contributed by atoms with E-state index in [0.717, 1.165) is 29.1 Å². The summed E-state index contributed by atoms with van der Waals surface area (Å²) < 4.78 is 5.07. The minimum absolute atomic E-state index is 0.0635. The van der Waals surface area contributed by atoms with E-state index in [0.29, 0.717) is 5.76 Å². The van der Waals surface area contributed by atoms with Gasteiger partial charge in [0.15, 0.2) is 0 Å². The van der Waals surface area contributed by atoms with Gasteiger partial charge in [-0.2, -0.15) is 0 Å². The average Bonchev–Trinajstić information content (AvgIpc) is 2.70. The number of rotatable bonds is 5. The lowest BCUT2D eigenvalue weighted by atomic mass is 10.1. The molecule has 1 aromatic carbocycles. The van der Waals surface area contributed by atoms with Crippen molar-refractivity contribution in [2.45, 2.75) is 26.8 Å². The maximum atomic E-state index is 12.1. The molecule has 5 nitrogen and oxygen atoms in total. The van der Waals surface area contributed by atoms with Crippen molar-refractivity contribution in [1.29, 1.82) is 0 Å². The summed E-state index contributed by atoms with van der Waals surface area (Å²) in [6, 6.07) is 7.88. The van der Waals surface area contributed by atoms with Crippen LogP contribution in [0.1, 0.15) is 22.6 Å². The quantitative estimate of drug-likeness (QED) is 0.918. The molecule has 5 heteroatoms. The molecule has 0 radical (unpaired) electrons.